The smallest absolute Gasteiger partial charge is 0.253 e. The van der Waals surface area contributed by atoms with Gasteiger partial charge in [0.05, 0.1) is 29.2 Å². The SMILES string of the molecule is CCc1nn2cc(-c3nc4cc(OC)cc(OCc5csc(-c6ccc(C(=O)N(C)C)cc6)n5)c4s3)nc2s1. The highest BCUT2D eigenvalue weighted by atomic mass is 32.1. The molecule has 0 atom stereocenters. The summed E-state index contributed by atoms with van der Waals surface area (Å²) in [5, 5.41) is 9.27. The minimum Gasteiger partial charge on any atom is -0.497 e. The van der Waals surface area contributed by atoms with E-state index in [0.717, 1.165) is 53.6 Å². The van der Waals surface area contributed by atoms with E-state index in [2.05, 4.69) is 12.0 Å². The molecule has 0 aliphatic carbocycles. The zero-order valence-electron chi connectivity index (χ0n) is 21.7. The van der Waals surface area contributed by atoms with Gasteiger partial charge in [-0.25, -0.2) is 19.5 Å². The minimum absolute atomic E-state index is 0.0272. The quantitative estimate of drug-likeness (QED) is 0.218. The molecule has 0 radical (unpaired) electrons. The standard InChI is InChI=1S/C27H24N6O3S3/c1-5-22-31-33-12-20(30-27(33)38-22)25-29-19-10-18(35-4)11-21(23(19)39-25)36-13-17-14-37-24(28-17)15-6-8-16(9-7-15)26(34)32(2)3/h6-12,14H,5,13H2,1-4H3. The van der Waals surface area contributed by atoms with Crippen molar-refractivity contribution < 1.29 is 14.3 Å². The molecule has 0 bridgehead atoms. The predicted octanol–water partition coefficient (Wildman–Crippen LogP) is 6.04. The molecule has 0 saturated carbocycles. The highest BCUT2D eigenvalue weighted by molar-refractivity contribution is 7.22. The van der Waals surface area contributed by atoms with Gasteiger partial charge in [-0.05, 0) is 18.6 Å². The summed E-state index contributed by atoms with van der Waals surface area (Å²) in [5.41, 5.74) is 3.99. The monoisotopic (exact) mass is 576 g/mol. The third-order valence-corrected chi connectivity index (χ3v) is 9.10. The highest BCUT2D eigenvalue weighted by Crippen LogP contribution is 2.39. The third-order valence-electron chi connectivity index (χ3n) is 5.98. The van der Waals surface area contributed by atoms with Crippen molar-refractivity contribution in [3.8, 4) is 32.8 Å². The molecule has 0 spiro atoms. The first-order valence-electron chi connectivity index (χ1n) is 12.1. The molecular weight excluding hydrogens is 553 g/mol. The molecule has 12 heteroatoms. The first kappa shape index (κ1) is 25.4. The Labute approximate surface area is 236 Å². The van der Waals surface area contributed by atoms with Crippen LogP contribution in [-0.4, -0.2) is 56.6 Å². The maximum absolute atomic E-state index is 12.2. The van der Waals surface area contributed by atoms with Gasteiger partial charge in [0, 0.05) is 42.7 Å². The normalized spacial score (nSPS) is 11.4. The fourth-order valence-electron chi connectivity index (χ4n) is 3.97. The van der Waals surface area contributed by atoms with Crippen LogP contribution in [0.5, 0.6) is 11.5 Å². The molecule has 9 nitrogen and oxygen atoms in total. The van der Waals surface area contributed by atoms with Crippen LogP contribution in [0.4, 0.5) is 0 Å². The van der Waals surface area contributed by atoms with Crippen LogP contribution >= 0.6 is 34.0 Å². The van der Waals surface area contributed by atoms with E-state index in [1.54, 1.807) is 37.4 Å². The van der Waals surface area contributed by atoms with Gasteiger partial charge in [0.2, 0.25) is 4.96 Å². The van der Waals surface area contributed by atoms with E-state index >= 15 is 0 Å². The van der Waals surface area contributed by atoms with Gasteiger partial charge in [-0.3, -0.25) is 4.79 Å². The highest BCUT2D eigenvalue weighted by Gasteiger charge is 2.17. The molecule has 6 rings (SSSR count). The Hall–Kier alpha value is -3.87. The van der Waals surface area contributed by atoms with Crippen LogP contribution in [-0.2, 0) is 13.0 Å². The lowest BCUT2D eigenvalue weighted by Gasteiger charge is -2.10. The van der Waals surface area contributed by atoms with Gasteiger partial charge in [0.1, 0.15) is 38.8 Å². The summed E-state index contributed by atoms with van der Waals surface area (Å²) in [6, 6.07) is 11.3. The molecule has 2 aromatic carbocycles. The van der Waals surface area contributed by atoms with E-state index < -0.39 is 0 Å². The maximum atomic E-state index is 12.2. The molecule has 1 amide bonds. The number of rotatable bonds is 8. The fraction of sp³-hybridized carbons (Fsp3) is 0.222. The average Bonchev–Trinajstić information content (AvgIpc) is 3.73. The van der Waals surface area contributed by atoms with Crippen molar-refractivity contribution in [2.24, 2.45) is 0 Å². The van der Waals surface area contributed by atoms with Gasteiger partial charge in [-0.2, -0.15) is 5.10 Å². The molecule has 39 heavy (non-hydrogen) atoms. The number of hydrogen-bond acceptors (Lipinski definition) is 10. The second-order valence-electron chi connectivity index (χ2n) is 8.91. The van der Waals surface area contributed by atoms with Gasteiger partial charge in [0.25, 0.3) is 5.91 Å². The second kappa shape index (κ2) is 10.4. The third kappa shape index (κ3) is 4.98. The zero-order chi connectivity index (χ0) is 27.1. The predicted molar refractivity (Wildman–Crippen MR) is 155 cm³/mol. The average molecular weight is 577 g/mol. The van der Waals surface area contributed by atoms with Crippen LogP contribution in [0.1, 0.15) is 28.0 Å². The molecule has 0 saturated heterocycles. The molecule has 0 aliphatic heterocycles. The first-order valence-corrected chi connectivity index (χ1v) is 14.7. The van der Waals surface area contributed by atoms with Gasteiger partial charge in [-0.15, -0.1) is 22.7 Å². The number of imidazole rings is 1. The molecule has 0 fully saturated rings. The molecule has 4 aromatic heterocycles. The minimum atomic E-state index is -0.0272. The van der Waals surface area contributed by atoms with Gasteiger partial charge in [0.15, 0.2) is 0 Å². The number of methoxy groups -OCH3 is 1. The van der Waals surface area contributed by atoms with Crippen LogP contribution in [0.25, 0.3) is 36.5 Å². The molecule has 0 unspecified atom stereocenters. The number of carbonyl (C=O) groups excluding carboxylic acids is 1. The summed E-state index contributed by atoms with van der Waals surface area (Å²) >= 11 is 4.66. The van der Waals surface area contributed by atoms with Gasteiger partial charge < -0.3 is 14.4 Å². The van der Waals surface area contributed by atoms with Crippen molar-refractivity contribution in [3.63, 3.8) is 0 Å². The number of nitrogens with zero attached hydrogens (tertiary/aromatic N) is 6. The van der Waals surface area contributed by atoms with Crippen LogP contribution < -0.4 is 9.47 Å². The van der Waals surface area contributed by atoms with Crippen molar-refractivity contribution in [2.45, 2.75) is 20.0 Å². The van der Waals surface area contributed by atoms with Crippen LogP contribution in [0.2, 0.25) is 0 Å². The van der Waals surface area contributed by atoms with Crippen molar-refractivity contribution in [1.29, 1.82) is 0 Å². The van der Waals surface area contributed by atoms with Crippen molar-refractivity contribution in [1.82, 2.24) is 29.5 Å². The Morgan fingerprint density at radius 2 is 1.87 bits per heavy atom. The van der Waals surface area contributed by atoms with Gasteiger partial charge >= 0.3 is 0 Å². The summed E-state index contributed by atoms with van der Waals surface area (Å²) in [5.74, 6) is 1.32. The van der Waals surface area contributed by atoms with Crippen molar-refractivity contribution in [3.05, 3.63) is 64.2 Å². The maximum Gasteiger partial charge on any atom is 0.253 e. The molecule has 4 heterocycles. The summed E-state index contributed by atoms with van der Waals surface area (Å²) in [7, 11) is 5.11. The van der Waals surface area contributed by atoms with E-state index in [1.807, 2.05) is 52.5 Å². The number of ether oxygens (including phenoxy) is 2. The Morgan fingerprint density at radius 3 is 2.59 bits per heavy atom. The summed E-state index contributed by atoms with van der Waals surface area (Å²) in [6.07, 6.45) is 2.80. The first-order chi connectivity index (χ1) is 18.9. The number of aryl methyl sites for hydroxylation is 1. The number of amides is 1. The molecule has 0 aliphatic rings. The molecular formula is C27H24N6O3S3. The van der Waals surface area contributed by atoms with Crippen LogP contribution in [0, 0.1) is 0 Å². The Balaban J connectivity index is 1.23. The lowest BCUT2D eigenvalue weighted by molar-refractivity contribution is 0.0827. The van der Waals surface area contributed by atoms with Crippen molar-refractivity contribution >= 4 is 55.1 Å². The fourth-order valence-corrected chi connectivity index (χ4v) is 6.56. The Morgan fingerprint density at radius 1 is 1.05 bits per heavy atom. The number of benzene rings is 2. The summed E-state index contributed by atoms with van der Waals surface area (Å²) < 4.78 is 14.5. The van der Waals surface area contributed by atoms with Crippen LogP contribution in [0.3, 0.4) is 0 Å². The Bertz CT molecular complexity index is 1770. The number of carbonyl (C=O) groups is 1. The summed E-state index contributed by atoms with van der Waals surface area (Å²) in [4.78, 5) is 28.9. The second-order valence-corrected chi connectivity index (χ2v) is 11.8. The summed E-state index contributed by atoms with van der Waals surface area (Å²) in [6.45, 7) is 2.38. The molecule has 0 N–H and O–H groups in total. The molecule has 6 aromatic rings. The van der Waals surface area contributed by atoms with E-state index in [4.69, 9.17) is 24.4 Å². The molecule has 198 valence electrons. The Kier molecular flexibility index (Phi) is 6.75. The van der Waals surface area contributed by atoms with Gasteiger partial charge in [-0.1, -0.05) is 30.4 Å². The van der Waals surface area contributed by atoms with E-state index in [9.17, 15) is 4.79 Å². The number of hydrogen-bond donors (Lipinski definition) is 0. The van der Waals surface area contributed by atoms with Crippen molar-refractivity contribution in [2.75, 3.05) is 21.2 Å². The van der Waals surface area contributed by atoms with E-state index in [0.29, 0.717) is 23.7 Å². The topological polar surface area (TPSA) is 94.7 Å². The van der Waals surface area contributed by atoms with Crippen LogP contribution in [0.15, 0.2) is 48.0 Å². The lowest BCUT2D eigenvalue weighted by Crippen LogP contribution is -2.21. The largest absolute Gasteiger partial charge is 0.497 e. The van der Waals surface area contributed by atoms with E-state index in [-0.39, 0.29) is 5.91 Å². The lowest BCUT2D eigenvalue weighted by atomic mass is 10.1. The zero-order valence-corrected chi connectivity index (χ0v) is 24.1. The van der Waals surface area contributed by atoms with E-state index in [1.165, 1.54) is 22.7 Å². The number of fused-ring (bicyclic) bond motifs is 2. The number of thiazole rings is 2. The number of aromatic nitrogens is 5.